The largest absolute Gasteiger partial charge is 0.493 e. The van der Waals surface area contributed by atoms with Crippen molar-refractivity contribution >= 4 is 24.3 Å². The first kappa shape index (κ1) is 21.8. The molecular formula is C26H25NO4. The van der Waals surface area contributed by atoms with Crippen LogP contribution in [0.3, 0.4) is 0 Å². The molecule has 31 heavy (non-hydrogen) atoms. The highest BCUT2D eigenvalue weighted by Gasteiger charge is 2.15. The monoisotopic (exact) mass is 415 g/mol. The molecule has 0 radical (unpaired) electrons. The van der Waals surface area contributed by atoms with E-state index in [0.717, 1.165) is 23.0 Å². The number of rotatable bonds is 9. The van der Waals surface area contributed by atoms with E-state index < -0.39 is 6.04 Å². The van der Waals surface area contributed by atoms with Crippen LogP contribution in [0.25, 0.3) is 12.2 Å². The molecule has 0 aliphatic heterocycles. The number of amides is 1. The van der Waals surface area contributed by atoms with E-state index in [9.17, 15) is 9.59 Å². The molecule has 3 aromatic carbocycles. The Bertz CT molecular complexity index is 1060. The minimum atomic E-state index is -0.599. The number of carbonyl (C=O) groups is 2. The first-order valence-electron chi connectivity index (χ1n) is 9.94. The van der Waals surface area contributed by atoms with Gasteiger partial charge in [0.1, 0.15) is 6.29 Å². The highest BCUT2D eigenvalue weighted by atomic mass is 16.5. The molecule has 0 saturated heterocycles. The lowest BCUT2D eigenvalue weighted by Gasteiger charge is -2.14. The summed E-state index contributed by atoms with van der Waals surface area (Å²) in [5.41, 5.74) is 3.14. The zero-order chi connectivity index (χ0) is 22.1. The molecule has 158 valence electrons. The number of methoxy groups -OCH3 is 2. The summed E-state index contributed by atoms with van der Waals surface area (Å²) in [5, 5.41) is 2.83. The third-order valence-electron chi connectivity index (χ3n) is 4.85. The van der Waals surface area contributed by atoms with Gasteiger partial charge < -0.3 is 19.6 Å². The summed E-state index contributed by atoms with van der Waals surface area (Å²) < 4.78 is 10.6. The summed E-state index contributed by atoms with van der Waals surface area (Å²) in [5.74, 6) is 0.990. The zero-order valence-corrected chi connectivity index (χ0v) is 17.6. The first-order chi connectivity index (χ1) is 15.1. The lowest BCUT2D eigenvalue weighted by Crippen LogP contribution is -2.37. The molecular weight excluding hydrogens is 390 g/mol. The maximum absolute atomic E-state index is 12.9. The van der Waals surface area contributed by atoms with Crippen LogP contribution in [-0.2, 0) is 11.2 Å². The van der Waals surface area contributed by atoms with Crippen molar-refractivity contribution in [1.29, 1.82) is 0 Å². The molecule has 5 nitrogen and oxygen atoms in total. The Balaban J connectivity index is 1.77. The van der Waals surface area contributed by atoms with Gasteiger partial charge in [-0.25, -0.2) is 0 Å². The highest BCUT2D eigenvalue weighted by molar-refractivity contribution is 5.99. The molecule has 0 saturated carbocycles. The third-order valence-corrected chi connectivity index (χ3v) is 4.85. The highest BCUT2D eigenvalue weighted by Crippen LogP contribution is 2.28. The van der Waals surface area contributed by atoms with Crippen molar-refractivity contribution in [2.45, 2.75) is 12.5 Å². The predicted molar refractivity (Wildman–Crippen MR) is 122 cm³/mol. The summed E-state index contributed by atoms with van der Waals surface area (Å²) in [6, 6.07) is 21.9. The Morgan fingerprint density at radius 2 is 1.61 bits per heavy atom. The second kappa shape index (κ2) is 10.8. The molecule has 3 rings (SSSR count). The summed E-state index contributed by atoms with van der Waals surface area (Å²) in [6.07, 6.45) is 4.98. The maximum Gasteiger partial charge on any atom is 0.252 e. The van der Waals surface area contributed by atoms with Crippen LogP contribution in [0.5, 0.6) is 11.5 Å². The average Bonchev–Trinajstić information content (AvgIpc) is 2.82. The Hall–Kier alpha value is -3.86. The van der Waals surface area contributed by atoms with Gasteiger partial charge in [-0.2, -0.15) is 0 Å². The van der Waals surface area contributed by atoms with Gasteiger partial charge in [0.2, 0.25) is 0 Å². The minimum Gasteiger partial charge on any atom is -0.493 e. The van der Waals surface area contributed by atoms with Crippen molar-refractivity contribution in [2.75, 3.05) is 14.2 Å². The van der Waals surface area contributed by atoms with E-state index in [2.05, 4.69) is 5.32 Å². The fourth-order valence-corrected chi connectivity index (χ4v) is 3.24. The molecule has 1 unspecified atom stereocenters. The number of ether oxygens (including phenoxy) is 2. The van der Waals surface area contributed by atoms with Crippen LogP contribution in [0, 0.1) is 0 Å². The number of hydrogen-bond acceptors (Lipinski definition) is 4. The second-order valence-electron chi connectivity index (χ2n) is 6.94. The molecule has 0 spiro atoms. The molecule has 0 bridgehead atoms. The van der Waals surface area contributed by atoms with Crippen LogP contribution < -0.4 is 14.8 Å². The van der Waals surface area contributed by atoms with Crippen LogP contribution in [0.2, 0.25) is 0 Å². The Morgan fingerprint density at radius 3 is 2.32 bits per heavy atom. The lowest BCUT2D eigenvalue weighted by molar-refractivity contribution is -0.109. The third kappa shape index (κ3) is 5.82. The lowest BCUT2D eigenvalue weighted by atomic mass is 10.0. The number of carbonyl (C=O) groups excluding carboxylic acids is 2. The van der Waals surface area contributed by atoms with Crippen LogP contribution in [0.4, 0.5) is 0 Å². The van der Waals surface area contributed by atoms with Gasteiger partial charge >= 0.3 is 0 Å². The van der Waals surface area contributed by atoms with Crippen molar-refractivity contribution < 1.29 is 19.1 Å². The Labute approximate surface area is 182 Å². The molecule has 0 aliphatic carbocycles. The van der Waals surface area contributed by atoms with Crippen LogP contribution in [0.15, 0.2) is 72.8 Å². The molecule has 5 heteroatoms. The van der Waals surface area contributed by atoms with Gasteiger partial charge in [-0.3, -0.25) is 4.79 Å². The number of aldehydes is 1. The van der Waals surface area contributed by atoms with E-state index in [1.165, 1.54) is 0 Å². The van der Waals surface area contributed by atoms with E-state index >= 15 is 0 Å². The summed E-state index contributed by atoms with van der Waals surface area (Å²) in [4.78, 5) is 24.4. The van der Waals surface area contributed by atoms with Gasteiger partial charge in [-0.15, -0.1) is 0 Å². The molecule has 0 fully saturated rings. The SMILES string of the molecule is COc1ccc(/C=C/c2ccccc2C(=O)NC(C=O)Cc2ccccc2)cc1OC. The molecule has 0 aliphatic rings. The summed E-state index contributed by atoms with van der Waals surface area (Å²) in [7, 11) is 3.18. The maximum atomic E-state index is 12.9. The quantitative estimate of drug-likeness (QED) is 0.415. The van der Waals surface area contributed by atoms with Gasteiger partial charge in [0, 0.05) is 5.56 Å². The van der Waals surface area contributed by atoms with E-state index in [4.69, 9.17) is 9.47 Å². The Morgan fingerprint density at radius 1 is 0.903 bits per heavy atom. The fourth-order valence-electron chi connectivity index (χ4n) is 3.24. The van der Waals surface area contributed by atoms with Crippen molar-refractivity contribution in [2.24, 2.45) is 0 Å². The molecule has 0 heterocycles. The fraction of sp³-hybridized carbons (Fsp3) is 0.154. The zero-order valence-electron chi connectivity index (χ0n) is 17.6. The second-order valence-corrected chi connectivity index (χ2v) is 6.94. The van der Waals surface area contributed by atoms with Crippen molar-refractivity contribution in [3.8, 4) is 11.5 Å². The standard InChI is InChI=1S/C26H25NO4/c1-30-24-15-13-20(17-25(24)31-2)12-14-21-10-6-7-11-23(21)26(29)27-22(18-28)16-19-8-4-3-5-9-19/h3-15,17-18,22H,16H2,1-2H3,(H,27,29)/b14-12+. The van der Waals surface area contributed by atoms with Crippen molar-refractivity contribution in [3.63, 3.8) is 0 Å². The number of nitrogens with one attached hydrogen (secondary N) is 1. The normalized spacial score (nSPS) is 11.7. The average molecular weight is 415 g/mol. The van der Waals surface area contributed by atoms with Gasteiger partial charge in [-0.1, -0.05) is 66.7 Å². The van der Waals surface area contributed by atoms with Crippen LogP contribution in [-0.4, -0.2) is 32.5 Å². The van der Waals surface area contributed by atoms with Crippen LogP contribution >= 0.6 is 0 Å². The molecule has 1 atom stereocenters. The summed E-state index contributed by atoms with van der Waals surface area (Å²) in [6.45, 7) is 0. The van der Waals surface area contributed by atoms with Crippen LogP contribution in [0.1, 0.15) is 27.0 Å². The minimum absolute atomic E-state index is 0.291. The number of benzene rings is 3. The van der Waals surface area contributed by atoms with E-state index in [-0.39, 0.29) is 5.91 Å². The molecule has 3 aromatic rings. The molecule has 0 aromatic heterocycles. The van der Waals surface area contributed by atoms with Crippen molar-refractivity contribution in [1.82, 2.24) is 5.32 Å². The van der Waals surface area contributed by atoms with Crippen molar-refractivity contribution in [3.05, 3.63) is 95.1 Å². The van der Waals surface area contributed by atoms with E-state index in [1.807, 2.05) is 72.8 Å². The summed E-state index contributed by atoms with van der Waals surface area (Å²) >= 11 is 0. The van der Waals surface area contributed by atoms with E-state index in [0.29, 0.717) is 23.5 Å². The van der Waals surface area contributed by atoms with E-state index in [1.54, 1.807) is 26.4 Å². The number of hydrogen-bond donors (Lipinski definition) is 1. The Kier molecular flexibility index (Phi) is 7.60. The first-order valence-corrected chi connectivity index (χ1v) is 9.94. The van der Waals surface area contributed by atoms with Gasteiger partial charge in [0.15, 0.2) is 11.5 Å². The molecule has 1 amide bonds. The van der Waals surface area contributed by atoms with Gasteiger partial charge in [0.25, 0.3) is 5.91 Å². The van der Waals surface area contributed by atoms with Gasteiger partial charge in [0.05, 0.1) is 20.3 Å². The predicted octanol–water partition coefficient (Wildman–Crippen LogP) is 4.41. The van der Waals surface area contributed by atoms with Gasteiger partial charge in [-0.05, 0) is 41.3 Å². The topological polar surface area (TPSA) is 64.6 Å². The smallest absolute Gasteiger partial charge is 0.252 e. The molecule has 1 N–H and O–H groups in total.